The Hall–Kier alpha value is -0.840. The van der Waals surface area contributed by atoms with Gasteiger partial charge in [-0.15, -0.1) is 10.2 Å². The number of hydrogen-bond acceptors (Lipinski definition) is 4. The van der Waals surface area contributed by atoms with Crippen molar-refractivity contribution in [2.45, 2.75) is 12.1 Å². The Balaban J connectivity index is 2.48. The summed E-state index contributed by atoms with van der Waals surface area (Å²) in [7, 11) is 0. The first kappa shape index (κ1) is 6.28. The lowest BCUT2D eigenvalue weighted by molar-refractivity contribution is 0.881. The third kappa shape index (κ3) is 1.85. The largest absolute Gasteiger partial charge is 0.235 e. The first-order valence-electron chi connectivity index (χ1n) is 2.44. The number of aromatic amines is 1. The van der Waals surface area contributed by atoms with Gasteiger partial charge in [-0.3, -0.25) is 0 Å². The lowest BCUT2D eigenvalue weighted by Gasteiger charge is -1.77. The van der Waals surface area contributed by atoms with Gasteiger partial charge in [-0.2, -0.15) is 5.21 Å². The molecule has 0 atom stereocenters. The first-order chi connectivity index (χ1) is 4.43. The molecule has 48 valence electrons. The maximum absolute atomic E-state index is 3.72. The summed E-state index contributed by atoms with van der Waals surface area (Å²) in [6, 6.07) is 0. The zero-order valence-corrected chi connectivity index (χ0v) is 5.72. The van der Waals surface area contributed by atoms with Crippen molar-refractivity contribution in [2.24, 2.45) is 0 Å². The molecule has 0 fully saturated rings. The van der Waals surface area contributed by atoms with Crippen LogP contribution in [0.1, 0.15) is 6.92 Å². The highest BCUT2D eigenvalue weighted by Gasteiger charge is 1.91. The summed E-state index contributed by atoms with van der Waals surface area (Å²) >= 11 is 1.43. The minimum atomic E-state index is 0.646. The molecule has 0 aromatic carbocycles. The van der Waals surface area contributed by atoms with Crippen LogP contribution in [0.2, 0.25) is 0 Å². The number of H-pyrrole nitrogens is 1. The lowest BCUT2D eigenvalue weighted by Crippen LogP contribution is -1.68. The summed E-state index contributed by atoms with van der Waals surface area (Å²) < 4.78 is 0. The summed E-state index contributed by atoms with van der Waals surface area (Å²) in [5.74, 6) is 0. The minimum Gasteiger partial charge on any atom is -0.176 e. The van der Waals surface area contributed by atoms with E-state index in [0.717, 1.165) is 0 Å². The molecule has 0 aliphatic rings. The molecule has 4 nitrogen and oxygen atoms in total. The molecule has 0 spiro atoms. The summed E-state index contributed by atoms with van der Waals surface area (Å²) in [5, 5.41) is 15.7. The van der Waals surface area contributed by atoms with E-state index in [0.29, 0.717) is 5.16 Å². The molecule has 0 saturated carbocycles. The molecule has 0 radical (unpaired) electrons. The van der Waals surface area contributed by atoms with Crippen LogP contribution in [0.25, 0.3) is 0 Å². The standard InChI is InChI=1S/C4H6N4S/c1-2-3-9-4-5-7-8-6-4/h2-3H,1H3,(H,5,6,7,8)/b3-2+. The topological polar surface area (TPSA) is 54.5 Å². The molecule has 1 aromatic heterocycles. The van der Waals surface area contributed by atoms with Crippen molar-refractivity contribution in [2.75, 3.05) is 0 Å². The van der Waals surface area contributed by atoms with Crippen LogP contribution >= 0.6 is 11.8 Å². The van der Waals surface area contributed by atoms with Crippen molar-refractivity contribution in [3.05, 3.63) is 11.5 Å². The molecule has 1 heterocycles. The molecule has 1 N–H and O–H groups in total. The van der Waals surface area contributed by atoms with Crippen LogP contribution in [0.5, 0.6) is 0 Å². The van der Waals surface area contributed by atoms with E-state index in [1.807, 2.05) is 18.4 Å². The Kier molecular flexibility index (Phi) is 2.26. The zero-order chi connectivity index (χ0) is 6.53. The lowest BCUT2D eigenvalue weighted by atomic mass is 10.8. The number of rotatable bonds is 2. The van der Waals surface area contributed by atoms with Crippen molar-refractivity contribution < 1.29 is 0 Å². The summed E-state index contributed by atoms with van der Waals surface area (Å²) in [4.78, 5) is 0. The van der Waals surface area contributed by atoms with Crippen molar-refractivity contribution in [3.63, 3.8) is 0 Å². The van der Waals surface area contributed by atoms with Gasteiger partial charge >= 0.3 is 0 Å². The van der Waals surface area contributed by atoms with Crippen LogP contribution in [0.4, 0.5) is 0 Å². The third-order valence-corrected chi connectivity index (χ3v) is 1.43. The van der Waals surface area contributed by atoms with Gasteiger partial charge in [0.2, 0.25) is 5.16 Å². The Labute approximate surface area is 56.7 Å². The molecule has 0 saturated heterocycles. The van der Waals surface area contributed by atoms with E-state index in [9.17, 15) is 0 Å². The molecule has 0 aliphatic heterocycles. The number of hydrogen-bond donors (Lipinski definition) is 1. The van der Waals surface area contributed by atoms with E-state index in [1.54, 1.807) is 0 Å². The van der Waals surface area contributed by atoms with E-state index in [1.165, 1.54) is 11.8 Å². The number of aromatic nitrogens is 4. The van der Waals surface area contributed by atoms with Crippen molar-refractivity contribution in [1.29, 1.82) is 0 Å². The first-order valence-corrected chi connectivity index (χ1v) is 3.32. The van der Waals surface area contributed by atoms with Crippen LogP contribution in [-0.2, 0) is 0 Å². The maximum Gasteiger partial charge on any atom is 0.235 e. The van der Waals surface area contributed by atoms with Crippen molar-refractivity contribution in [3.8, 4) is 0 Å². The number of thioether (sulfide) groups is 1. The second kappa shape index (κ2) is 3.24. The van der Waals surface area contributed by atoms with Crippen LogP contribution in [0.15, 0.2) is 16.6 Å². The van der Waals surface area contributed by atoms with Gasteiger partial charge in [0.25, 0.3) is 0 Å². The average Bonchev–Trinajstić information content (AvgIpc) is 2.34. The maximum atomic E-state index is 3.72. The van der Waals surface area contributed by atoms with Gasteiger partial charge in [0, 0.05) is 0 Å². The fourth-order valence-corrected chi connectivity index (χ4v) is 0.771. The van der Waals surface area contributed by atoms with Gasteiger partial charge < -0.3 is 0 Å². The highest BCUT2D eigenvalue weighted by molar-refractivity contribution is 8.02. The SMILES string of the molecule is C/C=C/Sc1nn[nH]n1. The normalized spacial score (nSPS) is 10.8. The highest BCUT2D eigenvalue weighted by atomic mass is 32.2. The smallest absolute Gasteiger partial charge is 0.176 e. The molecule has 5 heteroatoms. The van der Waals surface area contributed by atoms with Gasteiger partial charge in [-0.1, -0.05) is 17.8 Å². The van der Waals surface area contributed by atoms with E-state index in [-0.39, 0.29) is 0 Å². The number of nitrogens with zero attached hydrogens (tertiary/aromatic N) is 3. The van der Waals surface area contributed by atoms with Gasteiger partial charge in [0.05, 0.1) is 0 Å². The summed E-state index contributed by atoms with van der Waals surface area (Å²) in [6.45, 7) is 1.94. The monoisotopic (exact) mass is 142 g/mol. The Morgan fingerprint density at radius 2 is 2.56 bits per heavy atom. The predicted molar refractivity (Wildman–Crippen MR) is 34.8 cm³/mol. The van der Waals surface area contributed by atoms with Gasteiger partial charge in [0.1, 0.15) is 0 Å². The third-order valence-electron chi connectivity index (χ3n) is 0.635. The summed E-state index contributed by atoms with van der Waals surface area (Å²) in [6.07, 6.45) is 1.92. The Morgan fingerprint density at radius 3 is 3.11 bits per heavy atom. The highest BCUT2D eigenvalue weighted by Crippen LogP contribution is 2.09. The molecular weight excluding hydrogens is 136 g/mol. The fourth-order valence-electron chi connectivity index (χ4n) is 0.331. The quantitative estimate of drug-likeness (QED) is 0.621. The van der Waals surface area contributed by atoms with Crippen molar-refractivity contribution >= 4 is 11.8 Å². The van der Waals surface area contributed by atoms with E-state index in [4.69, 9.17) is 0 Å². The molecule has 0 bridgehead atoms. The molecule has 0 unspecified atom stereocenters. The predicted octanol–water partition coefficient (Wildman–Crippen LogP) is 0.825. The van der Waals surface area contributed by atoms with Crippen LogP contribution < -0.4 is 0 Å². The average molecular weight is 142 g/mol. The number of tetrazole rings is 1. The molecule has 9 heavy (non-hydrogen) atoms. The van der Waals surface area contributed by atoms with E-state index < -0.39 is 0 Å². The van der Waals surface area contributed by atoms with E-state index >= 15 is 0 Å². The summed E-state index contributed by atoms with van der Waals surface area (Å²) in [5.41, 5.74) is 0. The fraction of sp³-hybridized carbons (Fsp3) is 0.250. The number of allylic oxidation sites excluding steroid dienone is 1. The second-order valence-electron chi connectivity index (χ2n) is 1.28. The molecular formula is C4H6N4S. The van der Waals surface area contributed by atoms with Gasteiger partial charge in [-0.25, -0.2) is 0 Å². The molecule has 1 aromatic rings. The van der Waals surface area contributed by atoms with Gasteiger partial charge in [0.15, 0.2) is 0 Å². The van der Waals surface area contributed by atoms with Gasteiger partial charge in [-0.05, 0) is 17.5 Å². The Morgan fingerprint density at radius 1 is 1.67 bits per heavy atom. The molecule has 0 aliphatic carbocycles. The minimum absolute atomic E-state index is 0.646. The van der Waals surface area contributed by atoms with Crippen LogP contribution in [0, 0.1) is 0 Å². The molecule has 0 amide bonds. The molecule has 1 rings (SSSR count). The van der Waals surface area contributed by atoms with Crippen LogP contribution in [0.3, 0.4) is 0 Å². The number of nitrogens with one attached hydrogen (secondary N) is 1. The second-order valence-corrected chi connectivity index (χ2v) is 2.15. The van der Waals surface area contributed by atoms with Crippen molar-refractivity contribution in [1.82, 2.24) is 20.6 Å². The Bertz CT molecular complexity index is 180. The van der Waals surface area contributed by atoms with Crippen LogP contribution in [-0.4, -0.2) is 20.6 Å². The van der Waals surface area contributed by atoms with E-state index in [2.05, 4.69) is 20.6 Å². The zero-order valence-electron chi connectivity index (χ0n) is 4.90.